The Kier molecular flexibility index (Phi) is 5.51. The first-order valence-corrected chi connectivity index (χ1v) is 6.81. The lowest BCUT2D eigenvalue weighted by molar-refractivity contribution is -0.136. The molecule has 2 rings (SSSR count). The van der Waals surface area contributed by atoms with Gasteiger partial charge in [-0.15, -0.1) is 0 Å². The molecule has 2 N–H and O–H groups in total. The van der Waals surface area contributed by atoms with Crippen LogP contribution in [0.1, 0.15) is 28.8 Å². The molecule has 1 aromatic heterocycles. The number of nitrogens with zero attached hydrogens (tertiary/aromatic N) is 2. The zero-order valence-electron chi connectivity index (χ0n) is 12.1. The molecule has 2 aromatic rings. The Hall–Kier alpha value is -3.09. The number of hydrogen-bond donors (Lipinski definition) is 2. The van der Waals surface area contributed by atoms with Crippen molar-refractivity contribution in [1.29, 1.82) is 0 Å². The fourth-order valence-electron chi connectivity index (χ4n) is 1.82. The summed E-state index contributed by atoms with van der Waals surface area (Å²) in [5.74, 6) is -1.84. The summed E-state index contributed by atoms with van der Waals surface area (Å²) in [5.41, 5.74) is 3.65. The van der Waals surface area contributed by atoms with Crippen molar-refractivity contribution in [3.63, 3.8) is 0 Å². The average Bonchev–Trinajstić information content (AvgIpc) is 2.56. The molecule has 0 aliphatic heterocycles. The van der Waals surface area contributed by atoms with Crippen LogP contribution >= 0.6 is 0 Å². The Morgan fingerprint density at radius 1 is 1.04 bits per heavy atom. The van der Waals surface area contributed by atoms with Gasteiger partial charge in [0.15, 0.2) is 0 Å². The Balaban J connectivity index is 2.17. The van der Waals surface area contributed by atoms with Gasteiger partial charge in [-0.3, -0.25) is 14.6 Å². The minimum Gasteiger partial charge on any atom is -0.481 e. The van der Waals surface area contributed by atoms with Crippen LogP contribution in [0.2, 0.25) is 0 Å². The number of aromatic nitrogens is 1. The number of carbonyl (C=O) groups excluding carboxylic acids is 1. The molecule has 0 saturated carbocycles. The summed E-state index contributed by atoms with van der Waals surface area (Å²) in [6.45, 7) is 0. The number of aliphatic carboxylic acids is 1. The van der Waals surface area contributed by atoms with Crippen molar-refractivity contribution in [2.75, 3.05) is 0 Å². The molecule has 1 aromatic carbocycles. The van der Waals surface area contributed by atoms with Gasteiger partial charge in [0.05, 0.1) is 12.1 Å². The second-order valence-electron chi connectivity index (χ2n) is 4.64. The zero-order chi connectivity index (χ0) is 16.7. The molecular formula is C16H14FN3O3. The molecule has 0 radical (unpaired) electrons. The van der Waals surface area contributed by atoms with Crippen LogP contribution in [-0.4, -0.2) is 27.7 Å². The van der Waals surface area contributed by atoms with Crippen LogP contribution < -0.4 is 5.43 Å². The van der Waals surface area contributed by atoms with Gasteiger partial charge in [-0.2, -0.15) is 5.10 Å². The highest BCUT2D eigenvalue weighted by Crippen LogP contribution is 2.09. The molecule has 0 saturated heterocycles. The molecule has 1 heterocycles. The van der Waals surface area contributed by atoms with Gasteiger partial charge in [0.1, 0.15) is 5.82 Å². The Bertz CT molecular complexity index is 715. The minimum absolute atomic E-state index is 0.109. The first-order valence-electron chi connectivity index (χ1n) is 6.81. The van der Waals surface area contributed by atoms with E-state index in [1.165, 1.54) is 48.8 Å². The number of benzene rings is 1. The minimum atomic E-state index is -0.986. The van der Waals surface area contributed by atoms with Crippen LogP contribution in [0.4, 0.5) is 4.39 Å². The first-order chi connectivity index (χ1) is 11.1. The van der Waals surface area contributed by atoms with Gasteiger partial charge < -0.3 is 5.11 Å². The molecule has 0 spiro atoms. The van der Waals surface area contributed by atoms with E-state index < -0.39 is 17.7 Å². The molecule has 0 fully saturated rings. The normalized spacial score (nSPS) is 11.1. The maximum Gasteiger partial charge on any atom is 0.303 e. The largest absolute Gasteiger partial charge is 0.481 e. The molecule has 6 nitrogen and oxygen atoms in total. The van der Waals surface area contributed by atoms with Crippen molar-refractivity contribution in [3.8, 4) is 0 Å². The van der Waals surface area contributed by atoms with E-state index in [2.05, 4.69) is 15.5 Å². The molecule has 1 amide bonds. The molecule has 0 unspecified atom stereocenters. The molecule has 0 bridgehead atoms. The molecule has 23 heavy (non-hydrogen) atoms. The number of amides is 1. The van der Waals surface area contributed by atoms with Gasteiger partial charge in [-0.1, -0.05) is 12.1 Å². The second-order valence-corrected chi connectivity index (χ2v) is 4.64. The summed E-state index contributed by atoms with van der Waals surface area (Å²) >= 11 is 0. The van der Waals surface area contributed by atoms with Gasteiger partial charge in [0, 0.05) is 24.4 Å². The SMILES string of the molecule is O=C(O)CC/C(=N\NC(=O)c1ccncc1)c1ccc(F)cc1. The van der Waals surface area contributed by atoms with E-state index in [0.29, 0.717) is 16.8 Å². The highest BCUT2D eigenvalue weighted by atomic mass is 19.1. The number of hydrazone groups is 1. The Morgan fingerprint density at radius 3 is 2.30 bits per heavy atom. The summed E-state index contributed by atoms with van der Waals surface area (Å²) in [6.07, 6.45) is 2.91. The summed E-state index contributed by atoms with van der Waals surface area (Å²) in [6, 6.07) is 8.51. The van der Waals surface area contributed by atoms with Crippen molar-refractivity contribution >= 4 is 17.6 Å². The molecule has 0 atom stereocenters. The fourth-order valence-corrected chi connectivity index (χ4v) is 1.82. The number of carboxylic acid groups (broad SMARTS) is 1. The van der Waals surface area contributed by atoms with Crippen LogP contribution in [-0.2, 0) is 4.79 Å². The van der Waals surface area contributed by atoms with Crippen LogP contribution in [0.15, 0.2) is 53.9 Å². The van der Waals surface area contributed by atoms with Gasteiger partial charge in [0.2, 0.25) is 0 Å². The summed E-state index contributed by atoms with van der Waals surface area (Å²) in [4.78, 5) is 26.5. The highest BCUT2D eigenvalue weighted by Gasteiger charge is 2.09. The third-order valence-electron chi connectivity index (χ3n) is 2.99. The van der Waals surface area contributed by atoms with E-state index in [-0.39, 0.29) is 12.8 Å². The van der Waals surface area contributed by atoms with Crippen molar-refractivity contribution in [3.05, 3.63) is 65.7 Å². The predicted octanol–water partition coefficient (Wildman–Crippen LogP) is 2.22. The number of halogens is 1. The van der Waals surface area contributed by atoms with E-state index in [4.69, 9.17) is 5.11 Å². The monoisotopic (exact) mass is 315 g/mol. The number of pyridine rings is 1. The Labute approximate surface area is 131 Å². The highest BCUT2D eigenvalue weighted by molar-refractivity contribution is 6.03. The number of rotatable bonds is 6. The van der Waals surface area contributed by atoms with Crippen LogP contribution in [0.3, 0.4) is 0 Å². The summed E-state index contributed by atoms with van der Waals surface area (Å²) < 4.78 is 13.0. The van der Waals surface area contributed by atoms with Gasteiger partial charge in [-0.05, 0) is 29.8 Å². The van der Waals surface area contributed by atoms with Gasteiger partial charge in [-0.25, -0.2) is 9.82 Å². The van der Waals surface area contributed by atoms with E-state index in [9.17, 15) is 14.0 Å². The van der Waals surface area contributed by atoms with E-state index in [1.807, 2.05) is 0 Å². The third kappa shape index (κ3) is 4.99. The number of nitrogens with one attached hydrogen (secondary N) is 1. The van der Waals surface area contributed by atoms with E-state index in [1.54, 1.807) is 0 Å². The molecule has 0 aliphatic rings. The maximum absolute atomic E-state index is 13.0. The maximum atomic E-state index is 13.0. The molecule has 118 valence electrons. The lowest BCUT2D eigenvalue weighted by Gasteiger charge is -2.07. The van der Waals surface area contributed by atoms with Crippen LogP contribution in [0.25, 0.3) is 0 Å². The van der Waals surface area contributed by atoms with Crippen LogP contribution in [0, 0.1) is 5.82 Å². The number of hydrogen-bond acceptors (Lipinski definition) is 4. The van der Waals surface area contributed by atoms with Gasteiger partial charge >= 0.3 is 5.97 Å². The average molecular weight is 315 g/mol. The van der Waals surface area contributed by atoms with Crippen LogP contribution in [0.5, 0.6) is 0 Å². The predicted molar refractivity (Wildman–Crippen MR) is 81.5 cm³/mol. The first kappa shape index (κ1) is 16.3. The van der Waals surface area contributed by atoms with Gasteiger partial charge in [0.25, 0.3) is 5.91 Å². The van der Waals surface area contributed by atoms with Crippen molar-refractivity contribution in [1.82, 2.24) is 10.4 Å². The van der Waals surface area contributed by atoms with Crippen molar-refractivity contribution in [2.45, 2.75) is 12.8 Å². The topological polar surface area (TPSA) is 91.6 Å². The molecule has 0 aliphatic carbocycles. The lowest BCUT2D eigenvalue weighted by atomic mass is 10.1. The summed E-state index contributed by atoms with van der Waals surface area (Å²) in [5, 5.41) is 12.8. The van der Waals surface area contributed by atoms with Crippen molar-refractivity contribution in [2.24, 2.45) is 5.10 Å². The molecular weight excluding hydrogens is 301 g/mol. The second kappa shape index (κ2) is 7.79. The fraction of sp³-hybridized carbons (Fsp3) is 0.125. The summed E-state index contributed by atoms with van der Waals surface area (Å²) in [7, 11) is 0. The Morgan fingerprint density at radius 2 is 1.70 bits per heavy atom. The quantitative estimate of drug-likeness (QED) is 0.631. The lowest BCUT2D eigenvalue weighted by Crippen LogP contribution is -2.20. The third-order valence-corrected chi connectivity index (χ3v) is 2.99. The molecule has 7 heteroatoms. The smallest absolute Gasteiger partial charge is 0.303 e. The number of carbonyl (C=O) groups is 2. The van der Waals surface area contributed by atoms with E-state index >= 15 is 0 Å². The zero-order valence-corrected chi connectivity index (χ0v) is 12.1. The van der Waals surface area contributed by atoms with E-state index in [0.717, 1.165) is 0 Å². The van der Waals surface area contributed by atoms with Crippen molar-refractivity contribution < 1.29 is 19.1 Å². The standard InChI is InChI=1S/C16H14FN3O3/c17-13-3-1-11(2-4-13)14(5-6-15(21)22)19-20-16(23)12-7-9-18-10-8-12/h1-4,7-10H,5-6H2,(H,20,23)(H,21,22)/b19-14+. The number of carboxylic acids is 1.